The number of benzene rings is 1. The highest BCUT2D eigenvalue weighted by Gasteiger charge is 2.06. The van der Waals surface area contributed by atoms with Gasteiger partial charge in [0.05, 0.1) is 5.69 Å². The van der Waals surface area contributed by atoms with Crippen molar-refractivity contribution in [3.8, 4) is 5.82 Å². The molecule has 0 aliphatic rings. The Morgan fingerprint density at radius 3 is 2.59 bits per heavy atom. The minimum absolute atomic E-state index is 0.736. The molecule has 1 N–H and O–H groups in total. The highest BCUT2D eigenvalue weighted by molar-refractivity contribution is 5.42. The molecule has 5 heteroatoms. The van der Waals surface area contributed by atoms with E-state index in [0.29, 0.717) is 0 Å². The predicted octanol–water partition coefficient (Wildman–Crippen LogP) is 3.20. The molecule has 0 radical (unpaired) electrons. The Morgan fingerprint density at radius 2 is 1.86 bits per heavy atom. The van der Waals surface area contributed by atoms with Gasteiger partial charge in [0.25, 0.3) is 0 Å². The molecule has 0 aliphatic carbocycles. The van der Waals surface area contributed by atoms with Gasteiger partial charge in [0.15, 0.2) is 5.82 Å². The van der Waals surface area contributed by atoms with Gasteiger partial charge in [-0.3, -0.25) is 0 Å². The van der Waals surface area contributed by atoms with Crippen LogP contribution in [-0.2, 0) is 6.54 Å². The molecule has 0 bridgehead atoms. The molecule has 2 aromatic heterocycles. The largest absolute Gasteiger partial charge is 0.366 e. The molecule has 0 unspecified atom stereocenters. The summed E-state index contributed by atoms with van der Waals surface area (Å²) < 4.78 is 1.83. The van der Waals surface area contributed by atoms with Crippen molar-refractivity contribution in [1.29, 1.82) is 0 Å². The number of aromatic nitrogens is 4. The summed E-state index contributed by atoms with van der Waals surface area (Å²) in [4.78, 5) is 8.59. The molecule has 0 aliphatic heterocycles. The van der Waals surface area contributed by atoms with E-state index in [9.17, 15) is 0 Å². The van der Waals surface area contributed by atoms with Gasteiger partial charge in [-0.25, -0.2) is 14.6 Å². The minimum Gasteiger partial charge on any atom is -0.366 e. The average Bonchev–Trinajstić information content (AvgIpc) is 2.85. The lowest BCUT2D eigenvalue weighted by Crippen LogP contribution is -2.06. The van der Waals surface area contributed by atoms with Gasteiger partial charge in [-0.1, -0.05) is 24.3 Å². The van der Waals surface area contributed by atoms with Crippen molar-refractivity contribution in [2.24, 2.45) is 0 Å². The Labute approximate surface area is 130 Å². The lowest BCUT2D eigenvalue weighted by atomic mass is 10.1. The number of anilines is 1. The summed E-state index contributed by atoms with van der Waals surface area (Å²) in [5.74, 6) is 1.56. The van der Waals surface area contributed by atoms with Crippen LogP contribution in [0.15, 0.2) is 42.7 Å². The first-order chi connectivity index (χ1) is 10.6. The van der Waals surface area contributed by atoms with Gasteiger partial charge in [-0.2, -0.15) is 5.10 Å². The molecule has 112 valence electrons. The van der Waals surface area contributed by atoms with Crippen LogP contribution in [0, 0.1) is 20.8 Å². The normalized spacial score (nSPS) is 10.7. The van der Waals surface area contributed by atoms with E-state index in [1.165, 1.54) is 11.1 Å². The van der Waals surface area contributed by atoms with E-state index in [2.05, 4.69) is 39.4 Å². The van der Waals surface area contributed by atoms with Gasteiger partial charge in [0, 0.05) is 18.3 Å². The van der Waals surface area contributed by atoms with Crippen LogP contribution in [0.3, 0.4) is 0 Å². The first kappa shape index (κ1) is 14.3. The molecule has 22 heavy (non-hydrogen) atoms. The van der Waals surface area contributed by atoms with Crippen LogP contribution >= 0.6 is 0 Å². The first-order valence-electron chi connectivity index (χ1n) is 7.27. The second kappa shape index (κ2) is 5.97. The van der Waals surface area contributed by atoms with Crippen molar-refractivity contribution in [3.63, 3.8) is 0 Å². The average molecular weight is 293 g/mol. The zero-order chi connectivity index (χ0) is 15.5. The van der Waals surface area contributed by atoms with Gasteiger partial charge in [-0.05, 0) is 38.0 Å². The highest BCUT2D eigenvalue weighted by atomic mass is 15.3. The molecule has 0 spiro atoms. The first-order valence-corrected chi connectivity index (χ1v) is 7.27. The quantitative estimate of drug-likeness (QED) is 0.802. The van der Waals surface area contributed by atoms with Gasteiger partial charge in [-0.15, -0.1) is 0 Å². The molecule has 0 amide bonds. The molecule has 0 saturated heterocycles. The van der Waals surface area contributed by atoms with Crippen molar-refractivity contribution < 1.29 is 0 Å². The fraction of sp³-hybridized carbons (Fsp3) is 0.235. The molecule has 0 fully saturated rings. The SMILES string of the molecule is Cc1cc(C)n(-c2cc(NCc3ccccc3C)ncn2)n1. The second-order valence-electron chi connectivity index (χ2n) is 5.38. The fourth-order valence-electron chi connectivity index (χ4n) is 2.41. The van der Waals surface area contributed by atoms with E-state index in [1.807, 2.05) is 42.8 Å². The third-order valence-corrected chi connectivity index (χ3v) is 3.60. The Kier molecular flexibility index (Phi) is 3.87. The van der Waals surface area contributed by atoms with Crippen LogP contribution in [0.4, 0.5) is 5.82 Å². The Hall–Kier alpha value is -2.69. The molecule has 3 rings (SSSR count). The summed E-state index contributed by atoms with van der Waals surface area (Å²) in [6.45, 7) is 6.84. The number of aryl methyl sites for hydroxylation is 3. The Morgan fingerprint density at radius 1 is 1.05 bits per heavy atom. The third-order valence-electron chi connectivity index (χ3n) is 3.60. The molecule has 1 aromatic carbocycles. The van der Waals surface area contributed by atoms with E-state index >= 15 is 0 Å². The van der Waals surface area contributed by atoms with Crippen molar-refractivity contribution >= 4 is 5.82 Å². The summed E-state index contributed by atoms with van der Waals surface area (Å²) in [6.07, 6.45) is 1.56. The Bertz CT molecular complexity index is 791. The number of nitrogens with one attached hydrogen (secondary N) is 1. The molecule has 2 heterocycles. The highest BCUT2D eigenvalue weighted by Crippen LogP contribution is 2.14. The topological polar surface area (TPSA) is 55.6 Å². The van der Waals surface area contributed by atoms with Crippen molar-refractivity contribution in [2.45, 2.75) is 27.3 Å². The number of nitrogens with zero attached hydrogens (tertiary/aromatic N) is 4. The molecule has 5 nitrogen and oxygen atoms in total. The van der Waals surface area contributed by atoms with Crippen LogP contribution in [0.5, 0.6) is 0 Å². The molecular formula is C17H19N5. The molecule has 3 aromatic rings. The van der Waals surface area contributed by atoms with E-state index < -0.39 is 0 Å². The maximum atomic E-state index is 4.45. The van der Waals surface area contributed by atoms with Crippen LogP contribution in [0.25, 0.3) is 5.82 Å². The minimum atomic E-state index is 0.736. The summed E-state index contributed by atoms with van der Waals surface area (Å²) in [7, 11) is 0. The monoisotopic (exact) mass is 293 g/mol. The van der Waals surface area contributed by atoms with Gasteiger partial charge >= 0.3 is 0 Å². The fourth-order valence-corrected chi connectivity index (χ4v) is 2.41. The molecule has 0 atom stereocenters. The van der Waals surface area contributed by atoms with Gasteiger partial charge in [0.2, 0.25) is 0 Å². The number of hydrogen-bond acceptors (Lipinski definition) is 4. The van der Waals surface area contributed by atoms with Gasteiger partial charge < -0.3 is 5.32 Å². The van der Waals surface area contributed by atoms with E-state index in [1.54, 1.807) is 6.33 Å². The summed E-state index contributed by atoms with van der Waals surface area (Å²) in [5.41, 5.74) is 4.56. The molecular weight excluding hydrogens is 274 g/mol. The zero-order valence-corrected chi connectivity index (χ0v) is 13.0. The summed E-state index contributed by atoms with van der Waals surface area (Å²) in [6, 6.07) is 12.3. The van der Waals surface area contributed by atoms with Crippen LogP contribution in [0.1, 0.15) is 22.5 Å². The van der Waals surface area contributed by atoms with Crippen molar-refractivity contribution in [3.05, 3.63) is 65.2 Å². The maximum absolute atomic E-state index is 4.45. The maximum Gasteiger partial charge on any atom is 0.159 e. The lowest BCUT2D eigenvalue weighted by molar-refractivity contribution is 0.800. The van der Waals surface area contributed by atoms with E-state index in [-0.39, 0.29) is 0 Å². The molecule has 0 saturated carbocycles. The van der Waals surface area contributed by atoms with Crippen LogP contribution in [-0.4, -0.2) is 19.7 Å². The smallest absolute Gasteiger partial charge is 0.159 e. The van der Waals surface area contributed by atoms with E-state index in [4.69, 9.17) is 0 Å². The van der Waals surface area contributed by atoms with Gasteiger partial charge in [0.1, 0.15) is 12.1 Å². The predicted molar refractivity (Wildman–Crippen MR) is 87.1 cm³/mol. The van der Waals surface area contributed by atoms with Crippen molar-refractivity contribution in [1.82, 2.24) is 19.7 Å². The van der Waals surface area contributed by atoms with Crippen molar-refractivity contribution in [2.75, 3.05) is 5.32 Å². The standard InChI is InChI=1S/C17H19N5/c1-12-6-4-5-7-15(12)10-18-16-9-17(20-11-19-16)22-14(3)8-13(2)21-22/h4-9,11H,10H2,1-3H3,(H,18,19,20). The van der Waals surface area contributed by atoms with E-state index in [0.717, 1.165) is 29.6 Å². The summed E-state index contributed by atoms with van der Waals surface area (Å²) in [5, 5.41) is 7.80. The second-order valence-corrected chi connectivity index (χ2v) is 5.38. The van der Waals surface area contributed by atoms with Crippen LogP contribution in [0.2, 0.25) is 0 Å². The number of hydrogen-bond donors (Lipinski definition) is 1. The summed E-state index contributed by atoms with van der Waals surface area (Å²) >= 11 is 0. The lowest BCUT2D eigenvalue weighted by Gasteiger charge is -2.09. The van der Waals surface area contributed by atoms with Crippen LogP contribution < -0.4 is 5.32 Å². The third kappa shape index (κ3) is 2.98. The Balaban J connectivity index is 1.80. The number of rotatable bonds is 4. The zero-order valence-electron chi connectivity index (χ0n) is 13.0.